The van der Waals surface area contributed by atoms with Crippen LogP contribution in [0.4, 0.5) is 11.6 Å². The monoisotopic (exact) mass is 542 g/mol. The van der Waals surface area contributed by atoms with Crippen molar-refractivity contribution in [2.75, 3.05) is 36.8 Å². The van der Waals surface area contributed by atoms with Crippen LogP contribution < -0.4 is 10.6 Å². The Hall–Kier alpha value is -3.62. The van der Waals surface area contributed by atoms with Gasteiger partial charge in [0.1, 0.15) is 11.4 Å². The number of anilines is 2. The zero-order chi connectivity index (χ0) is 28.2. The van der Waals surface area contributed by atoms with E-state index >= 15 is 0 Å². The molecule has 0 amide bonds. The molecule has 0 unspecified atom stereocenters. The molecule has 4 aromatic rings. The number of benzene rings is 2. The third-order valence-electron chi connectivity index (χ3n) is 7.36. The summed E-state index contributed by atoms with van der Waals surface area (Å²) in [4.78, 5) is 12.0. The molecule has 1 saturated heterocycles. The number of morpholine rings is 1. The molecule has 212 valence electrons. The fourth-order valence-electron chi connectivity index (χ4n) is 5.69. The van der Waals surface area contributed by atoms with Crippen molar-refractivity contribution in [1.82, 2.24) is 19.4 Å². The van der Waals surface area contributed by atoms with E-state index in [9.17, 15) is 5.11 Å². The largest absolute Gasteiger partial charge is 0.506 e. The highest BCUT2D eigenvalue weighted by Crippen LogP contribution is 2.26. The van der Waals surface area contributed by atoms with Crippen LogP contribution >= 0.6 is 0 Å². The van der Waals surface area contributed by atoms with Crippen LogP contribution in [0, 0.1) is 20.8 Å². The minimum Gasteiger partial charge on any atom is -0.506 e. The molecule has 1 fully saturated rings. The molecule has 5 rings (SSSR count). The predicted octanol–water partition coefficient (Wildman–Crippen LogP) is 5.63. The number of aromatic nitrogens is 3. The van der Waals surface area contributed by atoms with E-state index in [1.165, 1.54) is 11.1 Å². The van der Waals surface area contributed by atoms with Crippen LogP contribution in [0.1, 0.15) is 48.3 Å². The second kappa shape index (κ2) is 12.3. The van der Waals surface area contributed by atoms with Gasteiger partial charge < -0.3 is 25.0 Å². The van der Waals surface area contributed by atoms with E-state index in [0.717, 1.165) is 66.5 Å². The number of hydrogen-bond donors (Lipinski definition) is 3. The van der Waals surface area contributed by atoms with Crippen molar-refractivity contribution in [3.63, 3.8) is 0 Å². The summed E-state index contributed by atoms with van der Waals surface area (Å²) < 4.78 is 8.01. The number of aryl methyl sites for hydroxylation is 3. The molecular formula is C32H42N6O2. The van der Waals surface area contributed by atoms with E-state index in [2.05, 4.69) is 89.2 Å². The lowest BCUT2D eigenvalue weighted by Gasteiger charge is -2.35. The first kappa shape index (κ1) is 27.9. The van der Waals surface area contributed by atoms with E-state index < -0.39 is 0 Å². The van der Waals surface area contributed by atoms with Gasteiger partial charge in [-0.15, -0.1) is 0 Å². The van der Waals surface area contributed by atoms with Gasteiger partial charge >= 0.3 is 0 Å². The molecule has 8 heteroatoms. The van der Waals surface area contributed by atoms with Gasteiger partial charge in [-0.2, -0.15) is 0 Å². The standard InChI is InChI=1S/C32H42N6O2/c1-21-13-22(2)15-27(14-21)34-17-26-8-9-28-30(16-26)38(20-29-31(39)10-7-23(3)35-29)32(36-28)33-11-6-12-37-18-24(4)40-25(5)19-37/h7-10,13-16,24-25,34,39H,6,11-12,17-20H2,1-5H3,(H,33,36)/t24-,25+. The van der Waals surface area contributed by atoms with E-state index in [0.29, 0.717) is 18.8 Å². The smallest absolute Gasteiger partial charge is 0.204 e. The molecule has 1 aliphatic rings. The van der Waals surface area contributed by atoms with Gasteiger partial charge in [-0.25, -0.2) is 4.98 Å². The van der Waals surface area contributed by atoms with Gasteiger partial charge in [0.25, 0.3) is 0 Å². The Morgan fingerprint density at radius 3 is 2.42 bits per heavy atom. The van der Waals surface area contributed by atoms with Crippen LogP contribution in [0.2, 0.25) is 0 Å². The maximum absolute atomic E-state index is 10.6. The highest BCUT2D eigenvalue weighted by Gasteiger charge is 2.21. The predicted molar refractivity (Wildman–Crippen MR) is 162 cm³/mol. The van der Waals surface area contributed by atoms with Crippen LogP contribution in [0.5, 0.6) is 5.75 Å². The average Bonchev–Trinajstić information content (AvgIpc) is 3.23. The first-order valence-corrected chi connectivity index (χ1v) is 14.3. The van der Waals surface area contributed by atoms with Crippen LogP contribution in [0.15, 0.2) is 48.5 Å². The first-order valence-electron chi connectivity index (χ1n) is 14.3. The normalized spacial score (nSPS) is 17.8. The molecule has 0 saturated carbocycles. The van der Waals surface area contributed by atoms with E-state index in [1.54, 1.807) is 6.07 Å². The molecular weight excluding hydrogens is 500 g/mol. The molecule has 8 nitrogen and oxygen atoms in total. The summed E-state index contributed by atoms with van der Waals surface area (Å²) in [5.41, 5.74) is 8.21. The molecule has 3 N–H and O–H groups in total. The molecule has 0 radical (unpaired) electrons. The van der Waals surface area contributed by atoms with Gasteiger partial charge in [0.15, 0.2) is 0 Å². The molecule has 0 spiro atoms. The highest BCUT2D eigenvalue weighted by atomic mass is 16.5. The maximum atomic E-state index is 10.6. The van der Waals surface area contributed by atoms with Crippen LogP contribution in [0.25, 0.3) is 11.0 Å². The van der Waals surface area contributed by atoms with Gasteiger partial charge in [-0.3, -0.25) is 9.88 Å². The van der Waals surface area contributed by atoms with Crippen molar-refractivity contribution in [2.24, 2.45) is 0 Å². The molecule has 2 aromatic carbocycles. The summed E-state index contributed by atoms with van der Waals surface area (Å²) in [7, 11) is 0. The van der Waals surface area contributed by atoms with Gasteiger partial charge in [-0.1, -0.05) is 12.1 Å². The number of aromatic hydroxyl groups is 1. The molecule has 2 atom stereocenters. The summed E-state index contributed by atoms with van der Waals surface area (Å²) in [5.74, 6) is 0.988. The zero-order valence-electron chi connectivity index (χ0n) is 24.4. The Morgan fingerprint density at radius 1 is 0.925 bits per heavy atom. The molecule has 40 heavy (non-hydrogen) atoms. The minimum atomic E-state index is 0.196. The van der Waals surface area contributed by atoms with E-state index in [-0.39, 0.29) is 18.0 Å². The number of rotatable bonds is 10. The second-order valence-electron chi connectivity index (χ2n) is 11.3. The fraction of sp³-hybridized carbons (Fsp3) is 0.438. The van der Waals surface area contributed by atoms with Crippen molar-refractivity contribution in [3.8, 4) is 5.75 Å². The lowest BCUT2D eigenvalue weighted by atomic mass is 10.1. The minimum absolute atomic E-state index is 0.196. The maximum Gasteiger partial charge on any atom is 0.204 e. The van der Waals surface area contributed by atoms with E-state index in [4.69, 9.17) is 9.72 Å². The van der Waals surface area contributed by atoms with Crippen molar-refractivity contribution in [1.29, 1.82) is 0 Å². The van der Waals surface area contributed by atoms with Crippen molar-refractivity contribution in [3.05, 3.63) is 76.6 Å². The molecule has 3 heterocycles. The fourth-order valence-corrected chi connectivity index (χ4v) is 5.69. The molecule has 0 bridgehead atoms. The van der Waals surface area contributed by atoms with Gasteiger partial charge in [0.05, 0.1) is 29.8 Å². The number of imidazole rings is 1. The number of nitrogens with zero attached hydrogens (tertiary/aromatic N) is 4. The topological polar surface area (TPSA) is 87.5 Å². The van der Waals surface area contributed by atoms with E-state index in [1.807, 2.05) is 13.0 Å². The highest BCUT2D eigenvalue weighted by molar-refractivity contribution is 5.80. The Balaban J connectivity index is 1.35. The Kier molecular flexibility index (Phi) is 8.57. The summed E-state index contributed by atoms with van der Waals surface area (Å²) in [5, 5.41) is 17.7. The Bertz CT molecular complexity index is 1440. The van der Waals surface area contributed by atoms with Gasteiger partial charge in [-0.05, 0) is 94.1 Å². The third-order valence-corrected chi connectivity index (χ3v) is 7.36. The Labute approximate surface area is 237 Å². The first-order chi connectivity index (χ1) is 19.2. The van der Waals surface area contributed by atoms with Crippen molar-refractivity contribution in [2.45, 2.75) is 66.3 Å². The van der Waals surface area contributed by atoms with Gasteiger partial charge in [0, 0.05) is 44.1 Å². The molecule has 0 aliphatic carbocycles. The quantitative estimate of drug-likeness (QED) is 0.224. The second-order valence-corrected chi connectivity index (χ2v) is 11.3. The summed E-state index contributed by atoms with van der Waals surface area (Å²) >= 11 is 0. The number of fused-ring (bicyclic) bond motifs is 1. The average molecular weight is 543 g/mol. The van der Waals surface area contributed by atoms with Gasteiger partial charge in [0.2, 0.25) is 5.95 Å². The summed E-state index contributed by atoms with van der Waals surface area (Å²) in [6.07, 6.45) is 1.55. The summed E-state index contributed by atoms with van der Waals surface area (Å²) in [6, 6.07) is 16.5. The third kappa shape index (κ3) is 6.92. The summed E-state index contributed by atoms with van der Waals surface area (Å²) in [6.45, 7) is 15.4. The van der Waals surface area contributed by atoms with Crippen molar-refractivity contribution < 1.29 is 9.84 Å². The number of hydrogen-bond acceptors (Lipinski definition) is 7. The van der Waals surface area contributed by atoms with Crippen LogP contribution in [-0.2, 0) is 17.8 Å². The zero-order valence-corrected chi connectivity index (χ0v) is 24.4. The van der Waals surface area contributed by atoms with Crippen LogP contribution in [-0.4, -0.2) is 62.9 Å². The lowest BCUT2D eigenvalue weighted by molar-refractivity contribution is -0.0678. The SMILES string of the molecule is Cc1cc(C)cc(NCc2ccc3nc(NCCCN4C[C@@H](C)O[C@@H](C)C4)n(Cc4nc(C)ccc4O)c3c2)c1. The lowest BCUT2D eigenvalue weighted by Crippen LogP contribution is -2.45. The Morgan fingerprint density at radius 2 is 1.68 bits per heavy atom. The number of nitrogens with one attached hydrogen (secondary N) is 2. The molecule has 2 aromatic heterocycles. The molecule has 1 aliphatic heterocycles. The number of pyridine rings is 1. The number of ether oxygens (including phenoxy) is 1. The van der Waals surface area contributed by atoms with Crippen LogP contribution in [0.3, 0.4) is 0 Å². The van der Waals surface area contributed by atoms with Crippen molar-refractivity contribution >= 4 is 22.7 Å².